The molecule has 0 amide bonds. The first-order valence-corrected chi connectivity index (χ1v) is 4.90. The number of carboxylic acid groups (broad SMARTS) is 1. The fraction of sp³-hybridized carbons (Fsp3) is 0.250. The lowest BCUT2D eigenvalue weighted by atomic mass is 9.94. The Bertz CT molecular complexity index is 383. The number of carbonyl (C=O) groups excluding carboxylic acids is 2. The Kier molecular flexibility index (Phi) is 4.39. The molecule has 0 saturated carbocycles. The molecule has 0 aliphatic heterocycles. The van der Waals surface area contributed by atoms with E-state index < -0.39 is 11.9 Å². The largest absolute Gasteiger partial charge is 0.481 e. The lowest BCUT2D eigenvalue weighted by molar-refractivity contribution is -0.139. The molecule has 0 aliphatic rings. The Morgan fingerprint density at radius 1 is 1.19 bits per heavy atom. The van der Waals surface area contributed by atoms with E-state index in [4.69, 9.17) is 5.11 Å². The van der Waals surface area contributed by atoms with Crippen LogP contribution in [0.15, 0.2) is 30.3 Å². The van der Waals surface area contributed by atoms with Gasteiger partial charge in [-0.3, -0.25) is 9.59 Å². The number of aliphatic carboxylic acids is 1. The second-order valence-corrected chi connectivity index (χ2v) is 3.38. The van der Waals surface area contributed by atoms with E-state index in [1.807, 2.05) is 0 Å². The van der Waals surface area contributed by atoms with Crippen LogP contribution in [0.25, 0.3) is 0 Å². The van der Waals surface area contributed by atoms with Crippen LogP contribution in [0.4, 0.5) is 0 Å². The number of benzene rings is 1. The number of hydrogen-bond acceptors (Lipinski definition) is 3. The third kappa shape index (κ3) is 3.31. The maximum Gasteiger partial charge on any atom is 0.303 e. The molecule has 1 rings (SSSR count). The Hall–Kier alpha value is -1.97. The lowest BCUT2D eigenvalue weighted by Gasteiger charge is -2.08. The molecule has 1 atom stereocenters. The lowest BCUT2D eigenvalue weighted by Crippen LogP contribution is -2.15. The predicted molar refractivity (Wildman–Crippen MR) is 57.1 cm³/mol. The van der Waals surface area contributed by atoms with Gasteiger partial charge in [0.25, 0.3) is 0 Å². The number of carbonyl (C=O) groups is 3. The molecular weight excluding hydrogens is 208 g/mol. The third-order valence-corrected chi connectivity index (χ3v) is 2.23. The first kappa shape index (κ1) is 12.1. The summed E-state index contributed by atoms with van der Waals surface area (Å²) in [5, 5.41) is 8.45. The molecule has 0 fully saturated rings. The van der Waals surface area contributed by atoms with Crippen molar-refractivity contribution in [2.45, 2.75) is 18.8 Å². The molecule has 1 N–H and O–H groups in total. The molecule has 0 aromatic heterocycles. The molecule has 0 aliphatic carbocycles. The highest BCUT2D eigenvalue weighted by Crippen LogP contribution is 2.16. The van der Waals surface area contributed by atoms with Gasteiger partial charge in [0.05, 0.1) is 12.3 Å². The van der Waals surface area contributed by atoms with Crippen molar-refractivity contribution in [3.63, 3.8) is 0 Å². The zero-order valence-electron chi connectivity index (χ0n) is 8.63. The van der Waals surface area contributed by atoms with Crippen molar-refractivity contribution in [2.24, 2.45) is 0 Å². The van der Waals surface area contributed by atoms with Crippen LogP contribution in [0, 0.1) is 0 Å². The Morgan fingerprint density at radius 3 is 2.31 bits per heavy atom. The fourth-order valence-electron chi connectivity index (χ4n) is 1.39. The molecule has 1 unspecified atom stereocenters. The summed E-state index contributed by atoms with van der Waals surface area (Å²) in [6, 6.07) is 8.61. The Balaban J connectivity index is 2.71. The SMILES string of the molecule is O=CC(C(=O)CCC(=O)O)c1ccccc1. The average molecular weight is 220 g/mol. The van der Waals surface area contributed by atoms with Crippen LogP contribution in [0.5, 0.6) is 0 Å². The summed E-state index contributed by atoms with van der Waals surface area (Å²) in [6.45, 7) is 0. The van der Waals surface area contributed by atoms with Crippen molar-refractivity contribution >= 4 is 18.0 Å². The van der Waals surface area contributed by atoms with E-state index in [1.54, 1.807) is 30.3 Å². The Morgan fingerprint density at radius 2 is 1.81 bits per heavy atom. The summed E-state index contributed by atoms with van der Waals surface area (Å²) in [5.41, 5.74) is 0.605. The number of rotatable bonds is 6. The van der Waals surface area contributed by atoms with Gasteiger partial charge in [0.15, 0.2) is 0 Å². The molecule has 1 aromatic carbocycles. The van der Waals surface area contributed by atoms with E-state index in [2.05, 4.69) is 0 Å². The van der Waals surface area contributed by atoms with Crippen molar-refractivity contribution in [2.75, 3.05) is 0 Å². The van der Waals surface area contributed by atoms with E-state index in [1.165, 1.54) is 0 Å². The van der Waals surface area contributed by atoms with Crippen LogP contribution in [0.2, 0.25) is 0 Å². The zero-order chi connectivity index (χ0) is 12.0. The van der Waals surface area contributed by atoms with Crippen molar-refractivity contribution in [1.82, 2.24) is 0 Å². The van der Waals surface area contributed by atoms with Crippen LogP contribution < -0.4 is 0 Å². The van der Waals surface area contributed by atoms with Crippen LogP contribution in [-0.2, 0) is 14.4 Å². The quantitative estimate of drug-likeness (QED) is 0.581. The highest BCUT2D eigenvalue weighted by atomic mass is 16.4. The number of ketones is 1. The van der Waals surface area contributed by atoms with Gasteiger partial charge in [-0.15, -0.1) is 0 Å². The highest BCUT2D eigenvalue weighted by molar-refractivity contribution is 5.99. The summed E-state index contributed by atoms with van der Waals surface area (Å²) in [5.74, 6) is -2.24. The summed E-state index contributed by atoms with van der Waals surface area (Å²) in [4.78, 5) is 32.7. The van der Waals surface area contributed by atoms with Crippen molar-refractivity contribution in [1.29, 1.82) is 0 Å². The maximum atomic E-state index is 11.6. The number of carboxylic acids is 1. The second-order valence-electron chi connectivity index (χ2n) is 3.38. The minimum absolute atomic E-state index is 0.117. The molecule has 4 heteroatoms. The highest BCUT2D eigenvalue weighted by Gasteiger charge is 2.19. The minimum atomic E-state index is -1.04. The average Bonchev–Trinajstić information content (AvgIpc) is 2.29. The second kappa shape index (κ2) is 5.80. The van der Waals surface area contributed by atoms with Crippen molar-refractivity contribution in [3.05, 3.63) is 35.9 Å². The van der Waals surface area contributed by atoms with E-state index >= 15 is 0 Å². The Labute approximate surface area is 92.9 Å². The van der Waals surface area contributed by atoms with E-state index in [-0.39, 0.29) is 18.6 Å². The van der Waals surface area contributed by atoms with Crippen LogP contribution in [0.1, 0.15) is 24.3 Å². The molecule has 0 radical (unpaired) electrons. The molecule has 1 aromatic rings. The summed E-state index contributed by atoms with van der Waals surface area (Å²) >= 11 is 0. The molecule has 0 heterocycles. The van der Waals surface area contributed by atoms with Crippen molar-refractivity contribution < 1.29 is 19.5 Å². The molecule has 0 bridgehead atoms. The number of hydrogen-bond donors (Lipinski definition) is 1. The molecule has 0 spiro atoms. The number of Topliss-reactive ketones (excluding diaryl/α,β-unsaturated/α-hetero) is 1. The molecule has 16 heavy (non-hydrogen) atoms. The molecule has 4 nitrogen and oxygen atoms in total. The topological polar surface area (TPSA) is 71.4 Å². The molecule has 0 saturated heterocycles. The summed E-state index contributed by atoms with van der Waals surface area (Å²) in [6.07, 6.45) is 0.198. The summed E-state index contributed by atoms with van der Waals surface area (Å²) in [7, 11) is 0. The van der Waals surface area contributed by atoms with Gasteiger partial charge in [-0.2, -0.15) is 0 Å². The normalized spacial score (nSPS) is 11.8. The predicted octanol–water partition coefficient (Wildman–Crippen LogP) is 1.40. The van der Waals surface area contributed by atoms with Crippen LogP contribution in [-0.4, -0.2) is 23.1 Å². The van der Waals surface area contributed by atoms with Gasteiger partial charge in [0.1, 0.15) is 12.1 Å². The van der Waals surface area contributed by atoms with Crippen molar-refractivity contribution in [3.8, 4) is 0 Å². The van der Waals surface area contributed by atoms with Crippen LogP contribution >= 0.6 is 0 Å². The molecule has 84 valence electrons. The van der Waals surface area contributed by atoms with E-state index in [0.29, 0.717) is 11.8 Å². The smallest absolute Gasteiger partial charge is 0.303 e. The van der Waals surface area contributed by atoms with Gasteiger partial charge in [-0.1, -0.05) is 30.3 Å². The van der Waals surface area contributed by atoms with Gasteiger partial charge in [0.2, 0.25) is 0 Å². The first-order chi connectivity index (χ1) is 7.65. The van der Waals surface area contributed by atoms with Gasteiger partial charge < -0.3 is 9.90 Å². The maximum absolute atomic E-state index is 11.6. The van der Waals surface area contributed by atoms with Gasteiger partial charge in [0, 0.05) is 6.42 Å². The zero-order valence-corrected chi connectivity index (χ0v) is 8.63. The van der Waals surface area contributed by atoms with Gasteiger partial charge >= 0.3 is 5.97 Å². The van der Waals surface area contributed by atoms with E-state index in [9.17, 15) is 14.4 Å². The number of aldehydes is 1. The summed E-state index contributed by atoms with van der Waals surface area (Å²) < 4.78 is 0. The van der Waals surface area contributed by atoms with Crippen LogP contribution in [0.3, 0.4) is 0 Å². The first-order valence-electron chi connectivity index (χ1n) is 4.90. The van der Waals surface area contributed by atoms with Gasteiger partial charge in [-0.05, 0) is 5.56 Å². The monoisotopic (exact) mass is 220 g/mol. The third-order valence-electron chi connectivity index (χ3n) is 2.23. The minimum Gasteiger partial charge on any atom is -0.481 e. The standard InChI is InChI=1S/C12H12O4/c13-8-10(9-4-2-1-3-5-9)11(14)6-7-12(15)16/h1-5,8,10H,6-7H2,(H,15,16). The van der Waals surface area contributed by atoms with E-state index in [0.717, 1.165) is 0 Å². The fourth-order valence-corrected chi connectivity index (χ4v) is 1.39. The van der Waals surface area contributed by atoms with Gasteiger partial charge in [-0.25, -0.2) is 0 Å². The molecular formula is C12H12O4.